The van der Waals surface area contributed by atoms with Crippen molar-refractivity contribution >= 4 is 17.3 Å². The number of aromatic nitrogens is 2. The van der Waals surface area contributed by atoms with Gasteiger partial charge in [0.1, 0.15) is 5.76 Å². The predicted molar refractivity (Wildman–Crippen MR) is 120 cm³/mol. The van der Waals surface area contributed by atoms with Crippen LogP contribution in [0.4, 0.5) is 0 Å². The number of thiocarbonyl (C=S) groups is 1. The van der Waals surface area contributed by atoms with Crippen molar-refractivity contribution in [1.29, 1.82) is 0 Å². The minimum atomic E-state index is -0.0644. The van der Waals surface area contributed by atoms with Gasteiger partial charge in [0.2, 0.25) is 0 Å². The van der Waals surface area contributed by atoms with Crippen LogP contribution in [0.25, 0.3) is 5.69 Å². The molecule has 1 aliphatic rings. The molecule has 30 heavy (non-hydrogen) atoms. The van der Waals surface area contributed by atoms with Crippen LogP contribution in [0.5, 0.6) is 0 Å². The quantitative estimate of drug-likeness (QED) is 0.469. The molecule has 5 rings (SSSR count). The molecular formula is C24H22N4OS. The van der Waals surface area contributed by atoms with Crippen LogP contribution < -0.4 is 5.32 Å². The number of hydrogen-bond acceptors (Lipinski definition) is 3. The number of nitrogens with zero attached hydrogens (tertiary/aromatic N) is 3. The summed E-state index contributed by atoms with van der Waals surface area (Å²) in [6.07, 6.45) is 3.53. The van der Waals surface area contributed by atoms with Gasteiger partial charge in [-0.05, 0) is 67.7 Å². The van der Waals surface area contributed by atoms with Gasteiger partial charge < -0.3 is 19.2 Å². The zero-order valence-corrected chi connectivity index (χ0v) is 17.4. The molecule has 0 spiro atoms. The Morgan fingerprint density at radius 2 is 1.83 bits per heavy atom. The molecule has 0 aliphatic carbocycles. The van der Waals surface area contributed by atoms with Crippen LogP contribution in [0.3, 0.4) is 0 Å². The van der Waals surface area contributed by atoms with Gasteiger partial charge in [0, 0.05) is 23.3 Å². The summed E-state index contributed by atoms with van der Waals surface area (Å²) in [6, 6.07) is 24.5. The minimum Gasteiger partial charge on any atom is -0.467 e. The van der Waals surface area contributed by atoms with Gasteiger partial charge in [0.25, 0.3) is 0 Å². The van der Waals surface area contributed by atoms with Crippen LogP contribution in [0.2, 0.25) is 0 Å². The summed E-state index contributed by atoms with van der Waals surface area (Å²) in [5, 5.41) is 4.21. The van der Waals surface area contributed by atoms with Gasteiger partial charge in [0.05, 0.1) is 30.6 Å². The monoisotopic (exact) mass is 414 g/mol. The average Bonchev–Trinajstić information content (AvgIpc) is 3.50. The Hall–Kier alpha value is -3.38. The van der Waals surface area contributed by atoms with Crippen molar-refractivity contribution in [2.75, 3.05) is 0 Å². The maximum Gasteiger partial charge on any atom is 0.170 e. The molecule has 0 unspecified atom stereocenters. The van der Waals surface area contributed by atoms with Crippen molar-refractivity contribution in [3.8, 4) is 5.69 Å². The highest BCUT2D eigenvalue weighted by atomic mass is 32.1. The minimum absolute atomic E-state index is 0.0357. The van der Waals surface area contributed by atoms with E-state index in [4.69, 9.17) is 16.6 Å². The molecule has 0 amide bonds. The maximum absolute atomic E-state index is 5.77. The van der Waals surface area contributed by atoms with E-state index in [2.05, 4.69) is 63.1 Å². The highest BCUT2D eigenvalue weighted by Gasteiger charge is 2.41. The van der Waals surface area contributed by atoms with Gasteiger partial charge in [-0.1, -0.05) is 24.3 Å². The molecule has 1 saturated heterocycles. The smallest absolute Gasteiger partial charge is 0.170 e. The highest BCUT2D eigenvalue weighted by Crippen LogP contribution is 2.41. The molecule has 0 bridgehead atoms. The molecule has 1 fully saturated rings. The molecule has 4 aromatic rings. The van der Waals surface area contributed by atoms with E-state index in [1.165, 1.54) is 5.69 Å². The second-order valence-electron chi connectivity index (χ2n) is 7.40. The van der Waals surface area contributed by atoms with Crippen molar-refractivity contribution in [3.63, 3.8) is 0 Å². The van der Waals surface area contributed by atoms with E-state index in [0.717, 1.165) is 22.8 Å². The third kappa shape index (κ3) is 3.29. The van der Waals surface area contributed by atoms with Gasteiger partial charge in [-0.2, -0.15) is 0 Å². The fourth-order valence-corrected chi connectivity index (χ4v) is 4.49. The van der Waals surface area contributed by atoms with Crippen LogP contribution in [-0.4, -0.2) is 19.6 Å². The van der Waals surface area contributed by atoms with Gasteiger partial charge >= 0.3 is 0 Å². The molecule has 150 valence electrons. The first kappa shape index (κ1) is 18.6. The first-order valence-electron chi connectivity index (χ1n) is 9.96. The number of pyridine rings is 1. The Bertz CT molecular complexity index is 1140. The van der Waals surface area contributed by atoms with Crippen molar-refractivity contribution in [3.05, 3.63) is 108 Å². The fourth-order valence-electron chi connectivity index (χ4n) is 4.19. The van der Waals surface area contributed by atoms with E-state index in [0.29, 0.717) is 11.7 Å². The third-order valence-electron chi connectivity index (χ3n) is 5.53. The summed E-state index contributed by atoms with van der Waals surface area (Å²) in [4.78, 5) is 6.83. The largest absolute Gasteiger partial charge is 0.467 e. The van der Waals surface area contributed by atoms with Crippen molar-refractivity contribution < 1.29 is 4.42 Å². The number of furan rings is 1. The van der Waals surface area contributed by atoms with Crippen LogP contribution in [0, 0.1) is 6.92 Å². The normalized spacial score (nSPS) is 18.6. The standard InChI is InChI=1S/C24H22N4OS/c1-17-12-13-21(28(17)18-8-3-2-4-9-18)23-22(20-11-5-6-14-25-20)26-24(30)27(23)16-19-10-7-15-29-19/h2-15,22-23H,16H2,1H3,(H,26,30)/t22-,23-/m1/s1. The molecule has 1 aromatic carbocycles. The molecule has 0 saturated carbocycles. The molecule has 5 nitrogen and oxygen atoms in total. The molecular weight excluding hydrogens is 392 g/mol. The molecule has 2 atom stereocenters. The Morgan fingerprint density at radius 3 is 2.57 bits per heavy atom. The van der Waals surface area contributed by atoms with Gasteiger partial charge in [0.15, 0.2) is 5.11 Å². The Morgan fingerprint density at radius 1 is 1.00 bits per heavy atom. The lowest BCUT2D eigenvalue weighted by Gasteiger charge is -2.28. The summed E-state index contributed by atoms with van der Waals surface area (Å²) < 4.78 is 7.93. The van der Waals surface area contributed by atoms with Gasteiger partial charge in [-0.3, -0.25) is 4.98 Å². The summed E-state index contributed by atoms with van der Waals surface area (Å²) in [6.45, 7) is 2.72. The van der Waals surface area contributed by atoms with Crippen LogP contribution in [0.15, 0.2) is 89.7 Å². The van der Waals surface area contributed by atoms with Crippen LogP contribution in [0.1, 0.15) is 34.9 Å². The molecule has 6 heteroatoms. The number of aryl methyl sites for hydroxylation is 1. The van der Waals surface area contributed by atoms with E-state index in [1.54, 1.807) is 6.26 Å². The first-order valence-corrected chi connectivity index (χ1v) is 10.4. The predicted octanol–water partition coefficient (Wildman–Crippen LogP) is 4.95. The lowest BCUT2D eigenvalue weighted by molar-refractivity contribution is 0.280. The molecule has 4 heterocycles. The number of nitrogens with one attached hydrogen (secondary N) is 1. The summed E-state index contributed by atoms with van der Waals surface area (Å²) in [7, 11) is 0. The summed E-state index contributed by atoms with van der Waals surface area (Å²) in [5.74, 6) is 0.875. The Labute approximate surface area is 181 Å². The van der Waals surface area contributed by atoms with Crippen LogP contribution in [-0.2, 0) is 6.54 Å². The van der Waals surface area contributed by atoms with Gasteiger partial charge in [-0.25, -0.2) is 0 Å². The summed E-state index contributed by atoms with van der Waals surface area (Å²) >= 11 is 5.77. The second-order valence-corrected chi connectivity index (χ2v) is 7.79. The lowest BCUT2D eigenvalue weighted by atomic mass is 10.0. The Balaban J connectivity index is 1.64. The van der Waals surface area contributed by atoms with Crippen LogP contribution >= 0.6 is 12.2 Å². The third-order valence-corrected chi connectivity index (χ3v) is 5.88. The molecule has 1 aliphatic heterocycles. The van der Waals surface area contributed by atoms with E-state index in [-0.39, 0.29) is 12.1 Å². The number of para-hydroxylation sites is 1. The maximum atomic E-state index is 5.77. The lowest BCUT2D eigenvalue weighted by Crippen LogP contribution is -2.30. The molecule has 1 N–H and O–H groups in total. The van der Waals surface area contributed by atoms with E-state index in [1.807, 2.05) is 42.6 Å². The number of rotatable bonds is 5. The van der Waals surface area contributed by atoms with E-state index < -0.39 is 0 Å². The van der Waals surface area contributed by atoms with Gasteiger partial charge in [-0.15, -0.1) is 0 Å². The Kier molecular flexibility index (Phi) is 4.85. The molecule has 3 aromatic heterocycles. The SMILES string of the molecule is Cc1ccc([C@@H]2[C@@H](c3ccccn3)NC(=S)N2Cc2ccco2)n1-c1ccccc1. The zero-order chi connectivity index (χ0) is 20.5. The first-order chi connectivity index (χ1) is 14.7. The zero-order valence-electron chi connectivity index (χ0n) is 16.6. The number of benzene rings is 1. The number of hydrogen-bond donors (Lipinski definition) is 1. The average molecular weight is 415 g/mol. The highest BCUT2D eigenvalue weighted by molar-refractivity contribution is 7.80. The molecule has 0 radical (unpaired) electrons. The fraction of sp³-hybridized carbons (Fsp3) is 0.167. The van der Waals surface area contributed by atoms with Crippen molar-refractivity contribution in [1.82, 2.24) is 19.8 Å². The topological polar surface area (TPSA) is 46.2 Å². The summed E-state index contributed by atoms with van der Waals surface area (Å²) in [5.41, 5.74) is 4.43. The van der Waals surface area contributed by atoms with E-state index >= 15 is 0 Å². The van der Waals surface area contributed by atoms with E-state index in [9.17, 15) is 0 Å². The van der Waals surface area contributed by atoms with Crippen molar-refractivity contribution in [2.24, 2.45) is 0 Å². The second kappa shape index (κ2) is 7.80. The van der Waals surface area contributed by atoms with Crippen molar-refractivity contribution in [2.45, 2.75) is 25.6 Å².